The van der Waals surface area contributed by atoms with Crippen LogP contribution in [0.4, 0.5) is 0 Å². The maximum absolute atomic E-state index is 7.13. The molecule has 59 heavy (non-hydrogen) atoms. The topological polar surface area (TPSA) is 64.7 Å². The molecule has 0 aliphatic heterocycles. The summed E-state index contributed by atoms with van der Waals surface area (Å²) in [5.74, 6) is 2.68. The number of benzene rings is 8. The summed E-state index contributed by atoms with van der Waals surface area (Å²) in [6, 6.07) is 70.9. The highest BCUT2D eigenvalue weighted by molar-refractivity contribution is 6.17. The predicted octanol–water partition coefficient (Wildman–Crippen LogP) is 14.0. The molecule has 5 nitrogen and oxygen atoms in total. The van der Waals surface area contributed by atoms with E-state index in [0.717, 1.165) is 88.8 Å². The number of hydrogen-bond donors (Lipinski definition) is 0. The van der Waals surface area contributed by atoms with Crippen LogP contribution < -0.4 is 0 Å². The van der Waals surface area contributed by atoms with Gasteiger partial charge in [0.1, 0.15) is 11.3 Å². The van der Waals surface area contributed by atoms with E-state index in [2.05, 4.69) is 133 Å². The van der Waals surface area contributed by atoms with Crippen molar-refractivity contribution in [3.63, 3.8) is 0 Å². The van der Waals surface area contributed by atoms with E-state index in [9.17, 15) is 0 Å². The first-order valence-electron chi connectivity index (χ1n) is 19.7. The van der Waals surface area contributed by atoms with Gasteiger partial charge in [-0.25, -0.2) is 19.9 Å². The van der Waals surface area contributed by atoms with Gasteiger partial charge in [0.15, 0.2) is 17.5 Å². The molecular weight excluding hydrogens is 721 g/mol. The van der Waals surface area contributed by atoms with Crippen molar-refractivity contribution < 1.29 is 4.42 Å². The molecule has 11 aromatic rings. The Kier molecular flexibility index (Phi) is 8.41. The van der Waals surface area contributed by atoms with Gasteiger partial charge in [-0.15, -0.1) is 0 Å². The van der Waals surface area contributed by atoms with E-state index in [1.165, 1.54) is 5.39 Å². The van der Waals surface area contributed by atoms with Crippen molar-refractivity contribution in [2.75, 3.05) is 0 Å². The smallest absolute Gasteiger partial charge is 0.164 e. The summed E-state index contributed by atoms with van der Waals surface area (Å²) in [6.07, 6.45) is 0. The molecule has 0 aliphatic rings. The van der Waals surface area contributed by atoms with E-state index >= 15 is 0 Å². The normalized spacial score (nSPS) is 11.4. The van der Waals surface area contributed by atoms with Crippen LogP contribution in [0.5, 0.6) is 0 Å². The standard InChI is InChI=1S/C54H34N4O/c1-5-17-36(18-6-1)47-48-49(43-29-28-35-16-13-14-25-40(35)32-43)55-46-31-30-42(34-45(46)51(48)59-50(47)37-19-7-2-8-20-37)41-26-15-27-44(33-41)54-57-52(38-21-9-3-10-22-38)56-53(58-54)39-23-11-4-12-24-39/h1-34H. The molecule has 11 rings (SSSR count). The summed E-state index contributed by atoms with van der Waals surface area (Å²) in [6.45, 7) is 0. The zero-order valence-corrected chi connectivity index (χ0v) is 31.8. The summed E-state index contributed by atoms with van der Waals surface area (Å²) < 4.78 is 7.13. The fourth-order valence-corrected chi connectivity index (χ4v) is 8.01. The highest BCUT2D eigenvalue weighted by Gasteiger charge is 2.25. The van der Waals surface area contributed by atoms with Crippen LogP contribution in [0.15, 0.2) is 211 Å². The molecule has 8 aromatic carbocycles. The summed E-state index contributed by atoms with van der Waals surface area (Å²) in [4.78, 5) is 20.4. The average Bonchev–Trinajstić information content (AvgIpc) is 3.73. The Morgan fingerprint density at radius 2 is 0.831 bits per heavy atom. The Morgan fingerprint density at radius 1 is 0.322 bits per heavy atom. The fraction of sp³-hybridized carbons (Fsp3) is 0. The first-order chi connectivity index (χ1) is 29.2. The molecule has 0 unspecified atom stereocenters. The summed E-state index contributed by atoms with van der Waals surface area (Å²) in [5, 5.41) is 4.26. The van der Waals surface area contributed by atoms with Gasteiger partial charge in [-0.3, -0.25) is 0 Å². The first kappa shape index (κ1) is 34.2. The molecule has 0 spiro atoms. The van der Waals surface area contributed by atoms with Crippen LogP contribution in [0.3, 0.4) is 0 Å². The monoisotopic (exact) mass is 754 g/mol. The summed E-state index contributed by atoms with van der Waals surface area (Å²) >= 11 is 0. The van der Waals surface area contributed by atoms with Crippen LogP contribution in [0.2, 0.25) is 0 Å². The van der Waals surface area contributed by atoms with E-state index in [0.29, 0.717) is 17.5 Å². The summed E-state index contributed by atoms with van der Waals surface area (Å²) in [7, 11) is 0. The lowest BCUT2D eigenvalue weighted by atomic mass is 9.93. The molecule has 3 heterocycles. The van der Waals surface area contributed by atoms with Crippen molar-refractivity contribution in [3.05, 3.63) is 206 Å². The largest absolute Gasteiger partial charge is 0.455 e. The number of rotatable bonds is 7. The molecule has 0 atom stereocenters. The van der Waals surface area contributed by atoms with E-state index in [1.807, 2.05) is 72.8 Å². The second kappa shape index (κ2) is 14.5. The number of pyridine rings is 1. The van der Waals surface area contributed by atoms with Crippen LogP contribution in [0.25, 0.3) is 112 Å². The maximum atomic E-state index is 7.13. The molecule has 276 valence electrons. The predicted molar refractivity (Wildman–Crippen MR) is 240 cm³/mol. The van der Waals surface area contributed by atoms with Crippen molar-refractivity contribution in [1.29, 1.82) is 0 Å². The number of aromatic nitrogens is 4. The van der Waals surface area contributed by atoms with Gasteiger partial charge in [0.25, 0.3) is 0 Å². The lowest BCUT2D eigenvalue weighted by Gasteiger charge is -2.12. The van der Waals surface area contributed by atoms with Crippen molar-refractivity contribution >= 4 is 32.6 Å². The Balaban J connectivity index is 1.12. The molecule has 3 aromatic heterocycles. The highest BCUT2D eigenvalue weighted by Crippen LogP contribution is 2.47. The minimum Gasteiger partial charge on any atom is -0.455 e. The minimum atomic E-state index is 0.607. The lowest BCUT2D eigenvalue weighted by molar-refractivity contribution is 0.636. The highest BCUT2D eigenvalue weighted by atomic mass is 16.3. The molecule has 0 radical (unpaired) electrons. The Hall–Kier alpha value is -8.02. The second-order valence-corrected chi connectivity index (χ2v) is 14.6. The van der Waals surface area contributed by atoms with E-state index in [-0.39, 0.29) is 0 Å². The van der Waals surface area contributed by atoms with Crippen molar-refractivity contribution in [3.8, 4) is 79.0 Å². The molecule has 0 bridgehead atoms. The molecule has 0 N–H and O–H groups in total. The van der Waals surface area contributed by atoms with Gasteiger partial charge in [-0.2, -0.15) is 0 Å². The molecule has 0 saturated carbocycles. The molecule has 0 aliphatic carbocycles. The van der Waals surface area contributed by atoms with E-state index in [1.54, 1.807) is 0 Å². The van der Waals surface area contributed by atoms with Gasteiger partial charge in [0, 0.05) is 38.8 Å². The third-order valence-electron chi connectivity index (χ3n) is 10.9. The van der Waals surface area contributed by atoms with Crippen LogP contribution in [-0.2, 0) is 0 Å². The molecular formula is C54H34N4O. The lowest BCUT2D eigenvalue weighted by Crippen LogP contribution is -2.00. The van der Waals surface area contributed by atoms with Crippen LogP contribution in [-0.4, -0.2) is 19.9 Å². The second-order valence-electron chi connectivity index (χ2n) is 14.6. The zero-order valence-electron chi connectivity index (χ0n) is 31.8. The van der Waals surface area contributed by atoms with Crippen LogP contribution >= 0.6 is 0 Å². The molecule has 0 fully saturated rings. The van der Waals surface area contributed by atoms with Gasteiger partial charge >= 0.3 is 0 Å². The molecule has 0 saturated heterocycles. The van der Waals surface area contributed by atoms with Gasteiger partial charge in [0.2, 0.25) is 0 Å². The Bertz CT molecular complexity index is 3250. The Morgan fingerprint density at radius 3 is 1.49 bits per heavy atom. The van der Waals surface area contributed by atoms with Crippen molar-refractivity contribution in [2.24, 2.45) is 0 Å². The van der Waals surface area contributed by atoms with Crippen molar-refractivity contribution in [2.45, 2.75) is 0 Å². The number of fused-ring (bicyclic) bond motifs is 4. The van der Waals surface area contributed by atoms with Crippen LogP contribution in [0, 0.1) is 0 Å². The number of hydrogen-bond acceptors (Lipinski definition) is 5. The summed E-state index contributed by atoms with van der Waals surface area (Å²) in [5.41, 5.74) is 11.5. The van der Waals surface area contributed by atoms with Crippen molar-refractivity contribution in [1.82, 2.24) is 19.9 Å². The van der Waals surface area contributed by atoms with E-state index in [4.69, 9.17) is 24.4 Å². The number of furan rings is 1. The average molecular weight is 755 g/mol. The minimum absolute atomic E-state index is 0.607. The molecule has 0 amide bonds. The zero-order chi connectivity index (χ0) is 39.1. The van der Waals surface area contributed by atoms with Gasteiger partial charge in [-0.05, 0) is 51.7 Å². The van der Waals surface area contributed by atoms with E-state index < -0.39 is 0 Å². The third kappa shape index (κ3) is 6.32. The third-order valence-corrected chi connectivity index (χ3v) is 10.9. The van der Waals surface area contributed by atoms with Gasteiger partial charge < -0.3 is 4.42 Å². The SMILES string of the molecule is c1ccc(-c2nc(-c3ccccc3)nc(-c3cccc(-c4ccc5nc(-c6ccc7ccccc7c6)c6c(-c7ccccc7)c(-c7ccccc7)oc6c5c4)c3)n2)cc1. The first-order valence-corrected chi connectivity index (χ1v) is 19.7. The Labute approximate surface area is 341 Å². The molecule has 5 heteroatoms. The quantitative estimate of drug-likeness (QED) is 0.162. The maximum Gasteiger partial charge on any atom is 0.164 e. The van der Waals surface area contributed by atoms with Gasteiger partial charge in [0.05, 0.1) is 16.6 Å². The van der Waals surface area contributed by atoms with Crippen LogP contribution in [0.1, 0.15) is 0 Å². The fourth-order valence-electron chi connectivity index (χ4n) is 8.01. The number of nitrogens with zero attached hydrogens (tertiary/aromatic N) is 4. The van der Waals surface area contributed by atoms with Gasteiger partial charge in [-0.1, -0.05) is 182 Å².